The van der Waals surface area contributed by atoms with E-state index in [4.69, 9.17) is 14.9 Å². The van der Waals surface area contributed by atoms with Gasteiger partial charge in [-0.3, -0.25) is 14.7 Å². The van der Waals surface area contributed by atoms with Crippen LogP contribution in [0.15, 0.2) is 89.7 Å². The van der Waals surface area contributed by atoms with Gasteiger partial charge in [0.15, 0.2) is 5.76 Å². The lowest BCUT2D eigenvalue weighted by Gasteiger charge is -2.20. The van der Waals surface area contributed by atoms with Crippen molar-refractivity contribution in [1.82, 2.24) is 19.9 Å². The normalized spacial score (nSPS) is 15.4. The average molecular weight is 521 g/mol. The van der Waals surface area contributed by atoms with Gasteiger partial charge < -0.3 is 20.2 Å². The van der Waals surface area contributed by atoms with E-state index >= 15 is 0 Å². The predicted molar refractivity (Wildman–Crippen MR) is 148 cm³/mol. The van der Waals surface area contributed by atoms with E-state index in [0.717, 1.165) is 47.5 Å². The van der Waals surface area contributed by atoms with E-state index in [1.165, 1.54) is 6.33 Å². The Morgan fingerprint density at radius 2 is 1.90 bits per heavy atom. The molecule has 0 radical (unpaired) electrons. The molecule has 0 bridgehead atoms. The fourth-order valence-corrected chi connectivity index (χ4v) is 4.84. The molecule has 1 aliphatic heterocycles. The van der Waals surface area contributed by atoms with Crippen LogP contribution in [0, 0.1) is 0 Å². The van der Waals surface area contributed by atoms with E-state index in [1.807, 2.05) is 72.8 Å². The first-order chi connectivity index (χ1) is 19.1. The van der Waals surface area contributed by atoms with Crippen molar-refractivity contribution in [2.45, 2.75) is 32.0 Å². The van der Waals surface area contributed by atoms with Gasteiger partial charge in [-0.1, -0.05) is 30.3 Å². The minimum Gasteiger partial charge on any atom is -0.489 e. The first-order valence-electron chi connectivity index (χ1n) is 12.9. The first-order valence-corrected chi connectivity index (χ1v) is 12.9. The van der Waals surface area contributed by atoms with E-state index in [-0.39, 0.29) is 11.9 Å². The molecule has 1 fully saturated rings. The number of rotatable bonds is 9. The van der Waals surface area contributed by atoms with Crippen molar-refractivity contribution in [2.24, 2.45) is 5.73 Å². The van der Waals surface area contributed by atoms with Crippen LogP contribution in [0.5, 0.6) is 5.75 Å². The molecule has 2 aromatic carbocycles. The summed E-state index contributed by atoms with van der Waals surface area (Å²) >= 11 is 0. The van der Waals surface area contributed by atoms with Gasteiger partial charge in [0.05, 0.1) is 24.3 Å². The Balaban J connectivity index is 1.17. The number of nitrogens with zero attached hydrogens (tertiary/aromatic N) is 4. The molecule has 196 valence electrons. The van der Waals surface area contributed by atoms with Gasteiger partial charge in [-0.25, -0.2) is 9.97 Å². The summed E-state index contributed by atoms with van der Waals surface area (Å²) < 4.78 is 12.0. The molecule has 9 heteroatoms. The number of hydrogen-bond donors (Lipinski definition) is 2. The van der Waals surface area contributed by atoms with Crippen molar-refractivity contribution in [1.29, 1.82) is 0 Å². The highest BCUT2D eigenvalue weighted by Crippen LogP contribution is 2.29. The molecule has 1 atom stereocenters. The summed E-state index contributed by atoms with van der Waals surface area (Å²) in [5, 5.41) is 4.20. The molecule has 1 aliphatic rings. The molecular weight excluding hydrogens is 492 g/mol. The van der Waals surface area contributed by atoms with E-state index in [0.29, 0.717) is 35.9 Å². The number of fused-ring (bicyclic) bond motifs is 1. The van der Waals surface area contributed by atoms with Crippen LogP contribution in [0.3, 0.4) is 0 Å². The van der Waals surface area contributed by atoms with Crippen LogP contribution in [0.25, 0.3) is 22.4 Å². The Kier molecular flexibility index (Phi) is 6.88. The van der Waals surface area contributed by atoms with Gasteiger partial charge in [0.25, 0.3) is 0 Å². The quantitative estimate of drug-likeness (QED) is 0.277. The van der Waals surface area contributed by atoms with Crippen LogP contribution in [-0.2, 0) is 17.9 Å². The fourth-order valence-electron chi connectivity index (χ4n) is 4.84. The number of likely N-dealkylation sites (tertiary alicyclic amines) is 1. The zero-order chi connectivity index (χ0) is 26.6. The average Bonchev–Trinajstić information content (AvgIpc) is 3.63. The number of carbonyl (C=O) groups is 1. The number of carbonyl (C=O) groups excluding carboxylic acids is 1. The maximum Gasteiger partial charge on any atom is 0.234 e. The second-order valence-corrected chi connectivity index (χ2v) is 9.53. The number of ether oxygens (including phenoxy) is 1. The van der Waals surface area contributed by atoms with Crippen molar-refractivity contribution in [2.75, 3.05) is 11.9 Å². The van der Waals surface area contributed by atoms with Crippen LogP contribution < -0.4 is 15.8 Å². The molecule has 4 heterocycles. The summed E-state index contributed by atoms with van der Waals surface area (Å²) in [5.41, 5.74) is 8.93. The molecule has 9 nitrogen and oxygen atoms in total. The zero-order valence-electron chi connectivity index (χ0n) is 21.3. The van der Waals surface area contributed by atoms with Crippen LogP contribution in [0.2, 0.25) is 0 Å². The van der Waals surface area contributed by atoms with Gasteiger partial charge in [-0.2, -0.15) is 0 Å². The van der Waals surface area contributed by atoms with Crippen LogP contribution >= 0.6 is 0 Å². The Bertz CT molecular complexity index is 1590. The van der Waals surface area contributed by atoms with Crippen molar-refractivity contribution >= 4 is 28.3 Å². The van der Waals surface area contributed by atoms with Crippen molar-refractivity contribution in [3.63, 3.8) is 0 Å². The summed E-state index contributed by atoms with van der Waals surface area (Å²) in [6, 6.07) is 23.3. The van der Waals surface area contributed by atoms with Crippen LogP contribution in [-0.4, -0.2) is 38.3 Å². The molecule has 0 unspecified atom stereocenters. The Morgan fingerprint density at radius 1 is 1.05 bits per heavy atom. The number of amides is 1. The number of primary amides is 1. The Hall–Kier alpha value is -4.76. The predicted octanol–water partition coefficient (Wildman–Crippen LogP) is 5.06. The van der Waals surface area contributed by atoms with E-state index in [9.17, 15) is 4.79 Å². The number of hydrogen-bond acceptors (Lipinski definition) is 8. The second kappa shape index (κ2) is 10.9. The Morgan fingerprint density at radius 3 is 2.72 bits per heavy atom. The molecule has 0 spiro atoms. The minimum atomic E-state index is -0.287. The second-order valence-electron chi connectivity index (χ2n) is 9.53. The molecule has 3 aromatic heterocycles. The third-order valence-corrected chi connectivity index (χ3v) is 6.85. The third-order valence-electron chi connectivity index (χ3n) is 6.85. The number of benzene rings is 2. The first kappa shape index (κ1) is 24.6. The number of nitrogens with two attached hydrogens (primary N) is 1. The lowest BCUT2D eigenvalue weighted by Crippen LogP contribution is -2.39. The van der Waals surface area contributed by atoms with Crippen molar-refractivity contribution in [3.05, 3.63) is 96.6 Å². The van der Waals surface area contributed by atoms with Gasteiger partial charge in [-0.05, 0) is 67.4 Å². The number of pyridine rings is 1. The SMILES string of the molecule is NC(=O)[C@@H]1CCCN1Cc1ccc(-c2cc3c(Nc4ccc(OCc5ccccc5)cc4)ncnc3cn2)o1. The zero-order valence-corrected chi connectivity index (χ0v) is 21.3. The molecule has 39 heavy (non-hydrogen) atoms. The Labute approximate surface area is 225 Å². The van der Waals surface area contributed by atoms with Gasteiger partial charge in [0.1, 0.15) is 36.0 Å². The third kappa shape index (κ3) is 5.58. The highest BCUT2D eigenvalue weighted by atomic mass is 16.5. The van der Waals surface area contributed by atoms with E-state index in [2.05, 4.69) is 25.2 Å². The number of furan rings is 1. The fraction of sp³-hybridized carbons (Fsp3) is 0.200. The molecule has 0 aliphatic carbocycles. The monoisotopic (exact) mass is 520 g/mol. The van der Waals surface area contributed by atoms with E-state index < -0.39 is 0 Å². The summed E-state index contributed by atoms with van der Waals surface area (Å²) in [4.78, 5) is 27.2. The standard InChI is InChI=1S/C30H28N6O3/c31-29(37)27-7-4-14-36(27)17-23-12-13-28(39-23)25-15-24-26(16-32-25)33-19-34-30(24)35-21-8-10-22(11-9-21)38-18-20-5-2-1-3-6-20/h1-3,5-6,8-13,15-16,19,27H,4,7,14,17-18H2,(H2,31,37)(H,33,34,35)/t27-/m0/s1. The minimum absolute atomic E-state index is 0.243. The molecule has 6 rings (SSSR count). The van der Waals surface area contributed by atoms with E-state index in [1.54, 1.807) is 6.20 Å². The summed E-state index contributed by atoms with van der Waals surface area (Å²) in [5.74, 6) is 2.56. The highest BCUT2D eigenvalue weighted by Gasteiger charge is 2.29. The van der Waals surface area contributed by atoms with Gasteiger partial charge >= 0.3 is 0 Å². The van der Waals surface area contributed by atoms with Crippen molar-refractivity contribution in [3.8, 4) is 17.2 Å². The van der Waals surface area contributed by atoms with Crippen LogP contribution in [0.4, 0.5) is 11.5 Å². The lowest BCUT2D eigenvalue weighted by molar-refractivity contribution is -0.122. The molecular formula is C30H28N6O3. The van der Waals surface area contributed by atoms with Gasteiger partial charge in [0, 0.05) is 11.1 Å². The summed E-state index contributed by atoms with van der Waals surface area (Å²) in [7, 11) is 0. The summed E-state index contributed by atoms with van der Waals surface area (Å²) in [6.07, 6.45) is 4.96. The largest absolute Gasteiger partial charge is 0.489 e. The number of aromatic nitrogens is 3. The summed E-state index contributed by atoms with van der Waals surface area (Å²) in [6.45, 7) is 1.87. The highest BCUT2D eigenvalue weighted by molar-refractivity contribution is 5.92. The molecule has 1 amide bonds. The molecule has 3 N–H and O–H groups in total. The molecule has 1 saturated heterocycles. The maximum absolute atomic E-state index is 11.7. The van der Waals surface area contributed by atoms with Crippen LogP contribution in [0.1, 0.15) is 24.2 Å². The number of nitrogens with one attached hydrogen (secondary N) is 1. The van der Waals surface area contributed by atoms with Gasteiger partial charge in [-0.15, -0.1) is 0 Å². The molecule has 5 aromatic rings. The maximum atomic E-state index is 11.7. The smallest absolute Gasteiger partial charge is 0.234 e. The van der Waals surface area contributed by atoms with Crippen molar-refractivity contribution < 1.29 is 13.9 Å². The van der Waals surface area contributed by atoms with Gasteiger partial charge in [0.2, 0.25) is 5.91 Å². The topological polar surface area (TPSA) is 119 Å². The number of anilines is 2. The lowest BCUT2D eigenvalue weighted by atomic mass is 10.2. The molecule has 0 saturated carbocycles.